The van der Waals surface area contributed by atoms with Crippen LogP contribution in [0, 0.1) is 0 Å². The van der Waals surface area contributed by atoms with E-state index in [0.29, 0.717) is 6.42 Å². The lowest BCUT2D eigenvalue weighted by Crippen LogP contribution is -2.30. The summed E-state index contributed by atoms with van der Waals surface area (Å²) < 4.78 is 9.13. The first-order chi connectivity index (χ1) is 15.9. The lowest BCUT2D eigenvalue weighted by molar-refractivity contribution is -0.169. The Morgan fingerprint density at radius 1 is 0.697 bits per heavy atom. The fourth-order valence-corrected chi connectivity index (χ4v) is 3.41. The number of ether oxygens (including phenoxy) is 2. The first-order valence-corrected chi connectivity index (χ1v) is 12.8. The van der Waals surface area contributed by atoms with Crippen molar-refractivity contribution in [3.05, 3.63) is 0 Å². The Morgan fingerprint density at radius 2 is 1.15 bits per heavy atom. The van der Waals surface area contributed by atoms with E-state index in [1.165, 1.54) is 70.6 Å². The van der Waals surface area contributed by atoms with Gasteiger partial charge in [-0.3, -0.25) is 9.59 Å². The average Bonchev–Trinajstić information content (AvgIpc) is 2.79. The summed E-state index contributed by atoms with van der Waals surface area (Å²) in [5.74, 6) is -2.86. The lowest BCUT2D eigenvalue weighted by Gasteiger charge is -2.11. The SMILES string of the molecule is CCCCCCCCCCCCCCCCCC(=O)OC(=O)C(O)CC(=O)OCC(O)CO. The Bertz CT molecular complexity index is 509. The van der Waals surface area contributed by atoms with E-state index in [1.807, 2.05) is 0 Å². The second kappa shape index (κ2) is 22.3. The molecule has 0 bridgehead atoms. The van der Waals surface area contributed by atoms with Crippen LogP contribution >= 0.6 is 0 Å². The topological polar surface area (TPSA) is 130 Å². The second-order valence-electron chi connectivity index (χ2n) is 8.73. The first kappa shape index (κ1) is 31.5. The van der Waals surface area contributed by atoms with Gasteiger partial charge in [0.2, 0.25) is 0 Å². The summed E-state index contributed by atoms with van der Waals surface area (Å²) in [6.07, 6.45) is 14.6. The number of carbonyl (C=O) groups excluding carboxylic acids is 3. The summed E-state index contributed by atoms with van der Waals surface area (Å²) in [6.45, 7) is 1.22. The molecule has 0 spiro atoms. The van der Waals surface area contributed by atoms with Gasteiger partial charge in [-0.25, -0.2) is 4.79 Å². The zero-order valence-corrected chi connectivity index (χ0v) is 20.5. The van der Waals surface area contributed by atoms with Crippen LogP contribution in [-0.4, -0.2) is 58.6 Å². The third kappa shape index (κ3) is 20.8. The van der Waals surface area contributed by atoms with Crippen molar-refractivity contribution < 1.29 is 39.2 Å². The predicted octanol–water partition coefficient (Wildman–Crippen LogP) is 3.97. The van der Waals surface area contributed by atoms with Gasteiger partial charge in [-0.2, -0.15) is 0 Å². The molecule has 0 amide bonds. The number of rotatable bonds is 22. The molecule has 8 heteroatoms. The number of aliphatic hydroxyl groups excluding tert-OH is 3. The molecule has 3 N–H and O–H groups in total. The summed E-state index contributed by atoms with van der Waals surface area (Å²) >= 11 is 0. The van der Waals surface area contributed by atoms with E-state index in [0.717, 1.165) is 19.3 Å². The lowest BCUT2D eigenvalue weighted by atomic mass is 10.0. The van der Waals surface area contributed by atoms with Gasteiger partial charge in [-0.1, -0.05) is 96.8 Å². The van der Waals surface area contributed by atoms with Crippen molar-refractivity contribution in [3.8, 4) is 0 Å². The smallest absolute Gasteiger partial charge is 0.343 e. The largest absolute Gasteiger partial charge is 0.463 e. The molecule has 0 aromatic rings. The minimum atomic E-state index is -1.81. The van der Waals surface area contributed by atoms with Crippen molar-refractivity contribution in [2.45, 2.75) is 128 Å². The van der Waals surface area contributed by atoms with Crippen LogP contribution in [0.15, 0.2) is 0 Å². The minimum Gasteiger partial charge on any atom is -0.463 e. The highest BCUT2D eigenvalue weighted by molar-refractivity contribution is 5.89. The molecule has 0 aliphatic heterocycles. The minimum absolute atomic E-state index is 0.0872. The van der Waals surface area contributed by atoms with Crippen molar-refractivity contribution >= 4 is 17.9 Å². The zero-order chi connectivity index (χ0) is 24.7. The Morgan fingerprint density at radius 3 is 1.61 bits per heavy atom. The summed E-state index contributed by atoms with van der Waals surface area (Å²) in [7, 11) is 0. The predicted molar refractivity (Wildman–Crippen MR) is 125 cm³/mol. The molecule has 0 fully saturated rings. The monoisotopic (exact) mass is 474 g/mol. The molecule has 8 nitrogen and oxygen atoms in total. The number of carbonyl (C=O) groups is 3. The molecule has 0 aliphatic carbocycles. The van der Waals surface area contributed by atoms with Crippen molar-refractivity contribution in [1.29, 1.82) is 0 Å². The van der Waals surface area contributed by atoms with Gasteiger partial charge in [0.05, 0.1) is 13.0 Å². The van der Waals surface area contributed by atoms with Crippen LogP contribution in [-0.2, 0) is 23.9 Å². The zero-order valence-electron chi connectivity index (χ0n) is 20.5. The number of hydrogen-bond acceptors (Lipinski definition) is 8. The van der Waals surface area contributed by atoms with Crippen LogP contribution < -0.4 is 0 Å². The van der Waals surface area contributed by atoms with Gasteiger partial charge < -0.3 is 24.8 Å². The van der Waals surface area contributed by atoms with Crippen molar-refractivity contribution in [3.63, 3.8) is 0 Å². The molecule has 0 saturated heterocycles. The van der Waals surface area contributed by atoms with Gasteiger partial charge in [0.1, 0.15) is 12.7 Å². The molecule has 0 aliphatic rings. The van der Waals surface area contributed by atoms with Crippen LogP contribution in [0.1, 0.15) is 116 Å². The van der Waals surface area contributed by atoms with Crippen LogP contribution in [0.4, 0.5) is 0 Å². The first-order valence-electron chi connectivity index (χ1n) is 12.8. The molecular formula is C25H46O8. The van der Waals surface area contributed by atoms with E-state index in [1.54, 1.807) is 0 Å². The highest BCUT2D eigenvalue weighted by atomic mass is 16.6. The second-order valence-corrected chi connectivity index (χ2v) is 8.73. The highest BCUT2D eigenvalue weighted by Gasteiger charge is 2.24. The highest BCUT2D eigenvalue weighted by Crippen LogP contribution is 2.14. The average molecular weight is 475 g/mol. The Kier molecular flexibility index (Phi) is 21.3. The molecule has 194 valence electrons. The maximum atomic E-state index is 11.7. The Hall–Kier alpha value is -1.51. The number of unbranched alkanes of at least 4 members (excludes halogenated alkanes) is 14. The molecule has 0 heterocycles. The van der Waals surface area contributed by atoms with Gasteiger partial charge in [0, 0.05) is 6.42 Å². The molecule has 0 radical (unpaired) electrons. The Balaban J connectivity index is 3.55. The number of esters is 3. The van der Waals surface area contributed by atoms with Crippen molar-refractivity contribution in [1.82, 2.24) is 0 Å². The molecule has 0 aromatic carbocycles. The van der Waals surface area contributed by atoms with Crippen LogP contribution in [0.3, 0.4) is 0 Å². The number of aliphatic hydroxyl groups is 3. The molecule has 0 aromatic heterocycles. The van der Waals surface area contributed by atoms with Crippen molar-refractivity contribution in [2.75, 3.05) is 13.2 Å². The molecular weight excluding hydrogens is 428 g/mol. The molecule has 2 atom stereocenters. The summed E-state index contributed by atoms with van der Waals surface area (Å²) in [6, 6.07) is 0. The molecule has 0 saturated carbocycles. The van der Waals surface area contributed by atoms with Gasteiger partial charge in [0.15, 0.2) is 6.10 Å². The van der Waals surface area contributed by atoms with E-state index in [2.05, 4.69) is 16.4 Å². The van der Waals surface area contributed by atoms with Crippen LogP contribution in [0.5, 0.6) is 0 Å². The van der Waals surface area contributed by atoms with E-state index in [9.17, 15) is 19.5 Å². The van der Waals surface area contributed by atoms with Crippen LogP contribution in [0.2, 0.25) is 0 Å². The van der Waals surface area contributed by atoms with Gasteiger partial charge >= 0.3 is 17.9 Å². The van der Waals surface area contributed by atoms with E-state index in [4.69, 9.17) is 10.2 Å². The third-order valence-electron chi connectivity index (χ3n) is 5.48. The maximum Gasteiger partial charge on any atom is 0.343 e. The summed E-state index contributed by atoms with van der Waals surface area (Å²) in [5, 5.41) is 27.3. The van der Waals surface area contributed by atoms with E-state index in [-0.39, 0.29) is 6.42 Å². The molecule has 0 rings (SSSR count). The van der Waals surface area contributed by atoms with Crippen molar-refractivity contribution in [2.24, 2.45) is 0 Å². The van der Waals surface area contributed by atoms with Crippen LogP contribution in [0.25, 0.3) is 0 Å². The third-order valence-corrected chi connectivity index (χ3v) is 5.48. The van der Waals surface area contributed by atoms with Gasteiger partial charge in [-0.15, -0.1) is 0 Å². The molecule has 2 unspecified atom stereocenters. The van der Waals surface area contributed by atoms with Gasteiger partial charge in [-0.05, 0) is 6.42 Å². The quantitative estimate of drug-likeness (QED) is 0.122. The van der Waals surface area contributed by atoms with Gasteiger partial charge in [0.25, 0.3) is 0 Å². The summed E-state index contributed by atoms with van der Waals surface area (Å²) in [5.41, 5.74) is 0. The fraction of sp³-hybridized carbons (Fsp3) is 0.880. The summed E-state index contributed by atoms with van der Waals surface area (Å²) in [4.78, 5) is 34.8. The standard InChI is InChI=1S/C25H46O8/c1-2-3-4-5-6-7-8-9-10-11-12-13-14-15-16-17-23(29)33-25(31)22(28)18-24(30)32-20-21(27)19-26/h21-22,26-28H,2-20H2,1H3. The van der Waals surface area contributed by atoms with E-state index >= 15 is 0 Å². The maximum absolute atomic E-state index is 11.7. The molecule has 33 heavy (non-hydrogen) atoms. The fourth-order valence-electron chi connectivity index (χ4n) is 3.41. The van der Waals surface area contributed by atoms with E-state index < -0.39 is 49.8 Å². The Labute approximate surface area is 199 Å². The normalized spacial score (nSPS) is 12.8. The number of hydrogen-bond donors (Lipinski definition) is 3.